The van der Waals surface area contributed by atoms with Crippen LogP contribution in [0.4, 0.5) is 0 Å². The topological polar surface area (TPSA) is 56.8 Å². The third kappa shape index (κ3) is 4.63. The van der Waals surface area contributed by atoms with Crippen LogP contribution < -0.4 is 10.1 Å². The summed E-state index contributed by atoms with van der Waals surface area (Å²) in [6.45, 7) is 3.51. The van der Waals surface area contributed by atoms with Crippen LogP contribution in [0, 0.1) is 6.92 Å². The quantitative estimate of drug-likeness (QED) is 0.486. The van der Waals surface area contributed by atoms with Gasteiger partial charge >= 0.3 is 0 Å². The van der Waals surface area contributed by atoms with Gasteiger partial charge in [-0.2, -0.15) is 0 Å². The highest BCUT2D eigenvalue weighted by Crippen LogP contribution is 2.25. The molecule has 0 bridgehead atoms. The fraction of sp³-hybridized carbons (Fsp3) is 0.357. The van der Waals surface area contributed by atoms with Crippen molar-refractivity contribution in [3.63, 3.8) is 0 Å². The second kappa shape index (κ2) is 7.43. The maximum absolute atomic E-state index is 11.3. The third-order valence-electron chi connectivity index (χ3n) is 2.34. The molecule has 1 aromatic rings. The Bertz CT molecular complexity index is 469. The Kier molecular flexibility index (Phi) is 5.89. The average Bonchev–Trinajstić information content (AvgIpc) is 2.37. The molecular weight excluding hydrogens is 246 g/mol. The number of nitrogens with one attached hydrogen (secondary N) is 1. The number of hydrogen-bond donors (Lipinski definition) is 1. The minimum atomic E-state index is -0.184. The summed E-state index contributed by atoms with van der Waals surface area (Å²) >= 11 is 0. The fourth-order valence-corrected chi connectivity index (χ4v) is 1.57. The van der Waals surface area contributed by atoms with Crippen molar-refractivity contribution >= 4 is 11.6 Å². The molecule has 0 aromatic heterocycles. The van der Waals surface area contributed by atoms with Crippen molar-refractivity contribution in [2.75, 3.05) is 21.0 Å². The van der Waals surface area contributed by atoms with Gasteiger partial charge in [0.25, 0.3) is 0 Å². The van der Waals surface area contributed by atoms with Gasteiger partial charge in [0.1, 0.15) is 12.0 Å². The number of methoxy groups -OCH3 is 2. The summed E-state index contributed by atoms with van der Waals surface area (Å²) in [4.78, 5) is 11.3. The second-order valence-electron chi connectivity index (χ2n) is 3.99. The van der Waals surface area contributed by atoms with Crippen LogP contribution in [0.15, 0.2) is 24.5 Å². The van der Waals surface area contributed by atoms with E-state index in [1.165, 1.54) is 20.3 Å². The highest BCUT2D eigenvalue weighted by Gasteiger charge is 2.11. The molecule has 0 spiro atoms. The minimum absolute atomic E-state index is 0.108. The van der Waals surface area contributed by atoms with Crippen LogP contribution in [-0.4, -0.2) is 26.9 Å². The van der Waals surface area contributed by atoms with Crippen LogP contribution in [0.5, 0.6) is 5.75 Å². The van der Waals surface area contributed by atoms with Gasteiger partial charge in [0, 0.05) is 19.6 Å². The summed E-state index contributed by atoms with van der Waals surface area (Å²) in [6.07, 6.45) is 1.45. The summed E-state index contributed by atoms with van der Waals surface area (Å²) in [5.41, 5.74) is 2.35. The predicted molar refractivity (Wildman–Crippen MR) is 72.5 cm³/mol. The van der Waals surface area contributed by atoms with Gasteiger partial charge in [-0.15, -0.1) is 0 Å². The van der Waals surface area contributed by atoms with Crippen LogP contribution in [-0.2, 0) is 14.3 Å². The smallest absolute Gasteiger partial charge is 0.221 e. The lowest BCUT2D eigenvalue weighted by atomic mass is 10.1. The number of carbonyl (C=O) groups excluding carboxylic acids is 1. The van der Waals surface area contributed by atoms with Gasteiger partial charge in [0.05, 0.1) is 12.8 Å². The molecule has 5 nitrogen and oxygen atoms in total. The van der Waals surface area contributed by atoms with Crippen molar-refractivity contribution in [1.29, 1.82) is 0 Å². The van der Waals surface area contributed by atoms with Crippen molar-refractivity contribution in [3.05, 3.63) is 35.6 Å². The molecule has 104 valence electrons. The van der Waals surface area contributed by atoms with E-state index in [9.17, 15) is 4.79 Å². The van der Waals surface area contributed by atoms with Gasteiger partial charge in [-0.3, -0.25) is 4.79 Å². The van der Waals surface area contributed by atoms with E-state index in [1.54, 1.807) is 7.11 Å². The molecule has 0 aliphatic heterocycles. The minimum Gasteiger partial charge on any atom is -0.496 e. The van der Waals surface area contributed by atoms with Crippen molar-refractivity contribution < 1.29 is 19.0 Å². The lowest BCUT2D eigenvalue weighted by Gasteiger charge is -2.13. The van der Waals surface area contributed by atoms with E-state index < -0.39 is 0 Å². The van der Waals surface area contributed by atoms with Crippen molar-refractivity contribution in [2.24, 2.45) is 0 Å². The van der Waals surface area contributed by atoms with E-state index in [1.807, 2.05) is 25.1 Å². The lowest BCUT2D eigenvalue weighted by Crippen LogP contribution is -2.19. The Morgan fingerprint density at radius 2 is 2.11 bits per heavy atom. The average molecular weight is 265 g/mol. The predicted octanol–water partition coefficient (Wildman–Crippen LogP) is 2.06. The first-order valence-corrected chi connectivity index (χ1v) is 5.81. The summed E-state index contributed by atoms with van der Waals surface area (Å²) in [5.74, 6) is 0.474. The van der Waals surface area contributed by atoms with Gasteiger partial charge < -0.3 is 19.5 Å². The van der Waals surface area contributed by atoms with Gasteiger partial charge in [-0.25, -0.2) is 0 Å². The Morgan fingerprint density at radius 3 is 2.68 bits per heavy atom. The van der Waals surface area contributed by atoms with Crippen LogP contribution in [0.2, 0.25) is 0 Å². The Hall–Kier alpha value is -2.01. The van der Waals surface area contributed by atoms with Gasteiger partial charge in [-0.05, 0) is 19.1 Å². The molecular formula is C14H19NO4. The van der Waals surface area contributed by atoms with E-state index in [4.69, 9.17) is 14.2 Å². The fourth-order valence-electron chi connectivity index (χ4n) is 1.57. The Balaban J connectivity index is 3.11. The maximum Gasteiger partial charge on any atom is 0.221 e. The van der Waals surface area contributed by atoms with Crippen LogP contribution >= 0.6 is 0 Å². The maximum atomic E-state index is 11.3. The monoisotopic (exact) mass is 265 g/mol. The summed E-state index contributed by atoms with van der Waals surface area (Å²) < 4.78 is 15.3. The van der Waals surface area contributed by atoms with Crippen molar-refractivity contribution in [3.8, 4) is 5.75 Å². The van der Waals surface area contributed by atoms with Gasteiger partial charge in [0.2, 0.25) is 5.91 Å². The molecule has 1 aromatic carbocycles. The van der Waals surface area contributed by atoms with E-state index in [0.29, 0.717) is 11.4 Å². The summed E-state index contributed by atoms with van der Waals surface area (Å²) in [6, 6.07) is 5.69. The first-order chi connectivity index (χ1) is 9.08. The number of ether oxygens (including phenoxy) is 3. The molecule has 0 atom stereocenters. The number of benzene rings is 1. The van der Waals surface area contributed by atoms with Crippen molar-refractivity contribution in [1.82, 2.24) is 5.32 Å². The van der Waals surface area contributed by atoms with Crippen LogP contribution in [0.25, 0.3) is 5.70 Å². The Labute approximate surface area is 113 Å². The first kappa shape index (κ1) is 15.0. The lowest BCUT2D eigenvalue weighted by molar-refractivity contribution is -0.117. The molecule has 0 aliphatic rings. The Morgan fingerprint density at radius 1 is 1.37 bits per heavy atom. The SMILES string of the molecule is COCO/C=C(/NC(C)=O)c1cc(C)ccc1OC. The van der Waals surface area contributed by atoms with Crippen LogP contribution in [0.3, 0.4) is 0 Å². The summed E-state index contributed by atoms with van der Waals surface area (Å²) in [5, 5.41) is 2.72. The van der Waals surface area contributed by atoms with E-state index in [2.05, 4.69) is 5.32 Å². The molecule has 1 rings (SSSR count). The number of hydrogen-bond acceptors (Lipinski definition) is 4. The first-order valence-electron chi connectivity index (χ1n) is 5.81. The molecule has 0 saturated carbocycles. The molecule has 0 saturated heterocycles. The number of rotatable bonds is 6. The zero-order chi connectivity index (χ0) is 14.3. The molecule has 1 N–H and O–H groups in total. The zero-order valence-electron chi connectivity index (χ0n) is 11.6. The molecule has 19 heavy (non-hydrogen) atoms. The largest absolute Gasteiger partial charge is 0.496 e. The van der Waals surface area contributed by atoms with Gasteiger partial charge in [0.15, 0.2) is 6.79 Å². The molecule has 0 radical (unpaired) electrons. The molecule has 0 unspecified atom stereocenters. The molecule has 1 amide bonds. The number of aryl methyl sites for hydroxylation is 1. The third-order valence-corrected chi connectivity index (χ3v) is 2.34. The molecule has 0 aliphatic carbocycles. The number of amides is 1. The van der Waals surface area contributed by atoms with E-state index >= 15 is 0 Å². The summed E-state index contributed by atoms with van der Waals surface area (Å²) in [7, 11) is 3.11. The van der Waals surface area contributed by atoms with Crippen molar-refractivity contribution in [2.45, 2.75) is 13.8 Å². The van der Waals surface area contributed by atoms with Gasteiger partial charge in [-0.1, -0.05) is 11.6 Å². The standard InChI is InChI=1S/C14H19NO4/c1-10-5-6-14(18-4)12(7-10)13(15-11(2)16)8-19-9-17-3/h5-8H,9H2,1-4H3,(H,15,16)/b13-8+. The zero-order valence-corrected chi connectivity index (χ0v) is 11.6. The molecule has 5 heteroatoms. The van der Waals surface area contributed by atoms with E-state index in [-0.39, 0.29) is 12.7 Å². The molecule has 0 fully saturated rings. The second-order valence-corrected chi connectivity index (χ2v) is 3.99. The number of carbonyl (C=O) groups is 1. The highest BCUT2D eigenvalue weighted by molar-refractivity contribution is 5.86. The van der Waals surface area contributed by atoms with E-state index in [0.717, 1.165) is 11.1 Å². The normalized spacial score (nSPS) is 11.1. The van der Waals surface area contributed by atoms with Crippen LogP contribution in [0.1, 0.15) is 18.1 Å². The molecule has 0 heterocycles. The highest BCUT2D eigenvalue weighted by atomic mass is 16.7.